The monoisotopic (exact) mass is 142 g/mol. The molecule has 3 saturated heterocycles. The SMILES string of the molecule is C=C1CS123(C)CC2(C)C3. The Morgan fingerprint density at radius 3 is 1.89 bits per heavy atom. The van der Waals surface area contributed by atoms with Gasteiger partial charge in [-0.1, -0.05) is 13.5 Å². The lowest BCUT2D eigenvalue weighted by Crippen LogP contribution is -1.95. The molecule has 0 aromatic carbocycles. The molecular weight excluding hydrogens is 128 g/mol. The van der Waals surface area contributed by atoms with Crippen LogP contribution in [0.15, 0.2) is 11.5 Å². The largest absolute Gasteiger partial charge is 0.247 e. The van der Waals surface area contributed by atoms with Crippen LogP contribution in [-0.4, -0.2) is 28.3 Å². The molecule has 0 nitrogen and oxygen atoms in total. The van der Waals surface area contributed by atoms with Crippen molar-refractivity contribution in [2.75, 3.05) is 23.5 Å². The van der Waals surface area contributed by atoms with Crippen molar-refractivity contribution >= 4 is 8.29 Å². The normalized spacial score (nSPS) is 66.2. The minimum Gasteiger partial charge on any atom is -0.247 e. The summed E-state index contributed by atoms with van der Waals surface area (Å²) in [6.07, 6.45) is 2.57. The van der Waals surface area contributed by atoms with Crippen molar-refractivity contribution in [2.45, 2.75) is 11.7 Å². The second-order valence-electron chi connectivity index (χ2n) is 5.28. The van der Waals surface area contributed by atoms with E-state index in [1.165, 1.54) is 5.75 Å². The van der Waals surface area contributed by atoms with Gasteiger partial charge in [0.2, 0.25) is 0 Å². The minimum absolute atomic E-state index is 0.830. The third kappa shape index (κ3) is 0.169. The van der Waals surface area contributed by atoms with E-state index in [-0.39, 0.29) is 0 Å². The van der Waals surface area contributed by atoms with Gasteiger partial charge in [-0.3, -0.25) is 0 Å². The van der Waals surface area contributed by atoms with Crippen molar-refractivity contribution in [3.05, 3.63) is 11.5 Å². The molecule has 3 heterocycles. The van der Waals surface area contributed by atoms with Crippen LogP contribution in [0.25, 0.3) is 0 Å². The third-order valence-electron chi connectivity index (χ3n) is 4.81. The van der Waals surface area contributed by atoms with E-state index < -0.39 is 8.29 Å². The molecule has 3 rings (SSSR count). The highest BCUT2D eigenvalue weighted by Crippen LogP contribution is 3.32. The quantitative estimate of drug-likeness (QED) is 0.452. The van der Waals surface area contributed by atoms with E-state index in [0.29, 0.717) is 0 Å². The minimum atomic E-state index is -1.25. The summed E-state index contributed by atoms with van der Waals surface area (Å²) in [6, 6.07) is 0. The molecule has 1 spiro atoms. The molecule has 3 aliphatic heterocycles. The molecule has 3 fully saturated rings. The molecule has 9 heavy (non-hydrogen) atoms. The topological polar surface area (TPSA) is 0 Å². The zero-order valence-electron chi connectivity index (χ0n) is 6.24. The predicted molar refractivity (Wildman–Crippen MR) is 45.7 cm³/mol. The van der Waals surface area contributed by atoms with Crippen LogP contribution >= 0.6 is 8.29 Å². The molecule has 0 unspecified atom stereocenters. The average Bonchev–Trinajstić information content (AvgIpc) is 2.25. The highest BCUT2D eigenvalue weighted by molar-refractivity contribution is 8.83. The molecule has 0 saturated carbocycles. The first kappa shape index (κ1) is 4.84. The van der Waals surface area contributed by atoms with E-state index in [1.54, 1.807) is 16.4 Å². The van der Waals surface area contributed by atoms with Gasteiger partial charge in [-0.05, 0) is 28.4 Å². The van der Waals surface area contributed by atoms with E-state index in [0.717, 1.165) is 4.75 Å². The summed E-state index contributed by atoms with van der Waals surface area (Å²) < 4.78 is 0.830. The zero-order chi connectivity index (χ0) is 6.61. The summed E-state index contributed by atoms with van der Waals surface area (Å²) in [5, 5.41) is 0. The van der Waals surface area contributed by atoms with Crippen molar-refractivity contribution in [1.82, 2.24) is 0 Å². The van der Waals surface area contributed by atoms with Gasteiger partial charge in [0.1, 0.15) is 0 Å². The van der Waals surface area contributed by atoms with Gasteiger partial charge < -0.3 is 0 Å². The van der Waals surface area contributed by atoms with Crippen LogP contribution in [0.5, 0.6) is 0 Å². The summed E-state index contributed by atoms with van der Waals surface area (Å²) >= 11 is 0. The van der Waals surface area contributed by atoms with Gasteiger partial charge in [0.15, 0.2) is 0 Å². The Morgan fingerprint density at radius 2 is 1.89 bits per heavy atom. The molecule has 0 amide bonds. The second kappa shape index (κ2) is 0.554. The van der Waals surface area contributed by atoms with Crippen molar-refractivity contribution in [3.8, 4) is 0 Å². The molecule has 0 radical (unpaired) electrons. The Hall–Kier alpha value is 0.0900. The summed E-state index contributed by atoms with van der Waals surface area (Å²) in [5.74, 6) is 4.58. The summed E-state index contributed by atoms with van der Waals surface area (Å²) in [7, 11) is -1.25. The number of rotatable bonds is 0. The van der Waals surface area contributed by atoms with Gasteiger partial charge in [0, 0.05) is 4.75 Å². The van der Waals surface area contributed by atoms with Crippen LogP contribution in [0.2, 0.25) is 0 Å². The molecular formula is C8H14S. The second-order valence-corrected chi connectivity index (χ2v) is 13.4. The Morgan fingerprint density at radius 1 is 1.56 bits per heavy atom. The highest BCUT2D eigenvalue weighted by Gasteiger charge is 3.05. The van der Waals surface area contributed by atoms with Crippen LogP contribution < -0.4 is 0 Å². The van der Waals surface area contributed by atoms with Crippen LogP contribution in [0.1, 0.15) is 6.92 Å². The predicted octanol–water partition coefficient (Wildman–Crippen LogP) is 1.81. The van der Waals surface area contributed by atoms with Gasteiger partial charge in [-0.25, -0.2) is 8.29 Å². The zero-order valence-corrected chi connectivity index (χ0v) is 7.05. The Labute approximate surface area is 55.6 Å². The van der Waals surface area contributed by atoms with Crippen molar-refractivity contribution in [1.29, 1.82) is 0 Å². The van der Waals surface area contributed by atoms with E-state index in [2.05, 4.69) is 19.8 Å². The standard InChI is InChI=1S/C8H14S/c1-7-4-9(7,3)5-8(9,2)6-9/h1,4-6H2,2-3H3. The van der Waals surface area contributed by atoms with E-state index >= 15 is 0 Å². The van der Waals surface area contributed by atoms with Gasteiger partial charge in [-0.15, -0.1) is 0 Å². The molecule has 52 valence electrons. The van der Waals surface area contributed by atoms with Gasteiger partial charge in [-0.2, -0.15) is 0 Å². The Kier molecular flexibility index (Phi) is 0.298. The lowest BCUT2D eigenvalue weighted by Gasteiger charge is -2.25. The van der Waals surface area contributed by atoms with E-state index in [1.807, 2.05) is 0 Å². The van der Waals surface area contributed by atoms with Gasteiger partial charge >= 0.3 is 0 Å². The Balaban J connectivity index is 2.38. The van der Waals surface area contributed by atoms with Crippen molar-refractivity contribution < 1.29 is 0 Å². The number of hydrogen-bond acceptors (Lipinski definition) is 0. The van der Waals surface area contributed by atoms with Crippen LogP contribution in [0, 0.1) is 0 Å². The van der Waals surface area contributed by atoms with Crippen molar-refractivity contribution in [3.63, 3.8) is 0 Å². The maximum Gasteiger partial charge on any atom is 0.00349 e. The summed E-state index contributed by atoms with van der Waals surface area (Å²) in [6.45, 7) is 6.63. The molecule has 1 heteroatoms. The van der Waals surface area contributed by atoms with Crippen LogP contribution in [-0.2, 0) is 0 Å². The maximum atomic E-state index is 4.16. The average molecular weight is 142 g/mol. The highest BCUT2D eigenvalue weighted by atomic mass is 32.4. The molecule has 0 N–H and O–H groups in total. The van der Waals surface area contributed by atoms with E-state index in [4.69, 9.17) is 0 Å². The van der Waals surface area contributed by atoms with E-state index in [9.17, 15) is 0 Å². The van der Waals surface area contributed by atoms with Crippen LogP contribution in [0.4, 0.5) is 0 Å². The lowest BCUT2D eigenvalue weighted by atomic mass is 10.3. The fourth-order valence-corrected chi connectivity index (χ4v) is 13.1. The summed E-state index contributed by atoms with van der Waals surface area (Å²) in [5.41, 5.74) is 0. The van der Waals surface area contributed by atoms with Crippen LogP contribution in [0.3, 0.4) is 0 Å². The lowest BCUT2D eigenvalue weighted by molar-refractivity contribution is 0.963. The fraction of sp³-hybridized carbons (Fsp3) is 0.750. The third-order valence-corrected chi connectivity index (χ3v) is 14.4. The number of hydrogen-bond donors (Lipinski definition) is 0. The Bertz CT molecular complexity index is 281. The van der Waals surface area contributed by atoms with Gasteiger partial charge in [0.05, 0.1) is 0 Å². The van der Waals surface area contributed by atoms with Gasteiger partial charge in [0.25, 0.3) is 0 Å². The molecule has 0 aromatic heterocycles. The molecule has 3 aliphatic rings. The fourth-order valence-electron chi connectivity index (χ4n) is 3.33. The summed E-state index contributed by atoms with van der Waals surface area (Å²) in [4.78, 5) is 1.66. The van der Waals surface area contributed by atoms with Crippen molar-refractivity contribution in [2.24, 2.45) is 0 Å². The molecule has 0 aromatic rings. The first-order chi connectivity index (χ1) is 3.91. The smallest absolute Gasteiger partial charge is 0.00349 e. The molecule has 0 bridgehead atoms. The first-order valence-corrected chi connectivity index (χ1v) is 6.96. The molecule has 0 aliphatic carbocycles. The molecule has 0 atom stereocenters. The maximum absolute atomic E-state index is 4.16. The first-order valence-electron chi connectivity index (χ1n) is 3.60.